The predicted octanol–water partition coefficient (Wildman–Crippen LogP) is 6.72. The molecule has 2 aromatic carbocycles. The zero-order valence-electron chi connectivity index (χ0n) is 34.5. The Hall–Kier alpha value is -4.98. The van der Waals surface area contributed by atoms with E-state index in [2.05, 4.69) is 21.3 Å². The topological polar surface area (TPSA) is 206 Å². The van der Waals surface area contributed by atoms with Crippen molar-refractivity contribution >= 4 is 53.1 Å². The highest BCUT2D eigenvalue weighted by molar-refractivity contribution is 6.30. The van der Waals surface area contributed by atoms with E-state index in [1.807, 2.05) is 26.0 Å². The Morgan fingerprint density at radius 2 is 1.14 bits per heavy atom. The number of halogens is 1. The molecule has 4 atom stereocenters. The number of Topliss-reactive ketones (excluding diaryl/α,β-unsaturated/α-hetero) is 2. The van der Waals surface area contributed by atoms with Crippen molar-refractivity contribution < 1.29 is 48.1 Å². The minimum Gasteiger partial charge on any atom is -0.480 e. The van der Waals surface area contributed by atoms with Crippen molar-refractivity contribution in [2.24, 2.45) is 17.8 Å². The minimum absolute atomic E-state index is 0.00196. The molecule has 5 N–H and O–H groups in total. The first-order valence-corrected chi connectivity index (χ1v) is 19.5. The van der Waals surface area contributed by atoms with E-state index < -0.39 is 70.9 Å². The predicted molar refractivity (Wildman–Crippen MR) is 217 cm³/mol. The monoisotopic (exact) mass is 814 g/mol. The number of hydrogen-bond donors (Lipinski definition) is 5. The summed E-state index contributed by atoms with van der Waals surface area (Å²) >= 11 is 6.02. The van der Waals surface area contributed by atoms with Gasteiger partial charge in [-0.05, 0) is 90.0 Å². The van der Waals surface area contributed by atoms with Crippen LogP contribution in [0.1, 0.15) is 105 Å². The van der Waals surface area contributed by atoms with E-state index in [4.69, 9.17) is 21.1 Å². The standard InChI is InChI=1S/C42H59ClN4O10/c1-25(2)22-33(38(52)53)47-36(50)26(3)23-35(49)32(19-21-45-40(55)57-42(7,8)9)46-37(51)30(18-20-44-39(54)56-41(4,5)6)24-34(48)29-12-10-27(11-13-29)28-14-16-31(43)17-15-28/h10-17,25-26,30,32-33H,18-24H2,1-9H3,(H,44,54)(H,45,55)(H,46,51)(H,47,50)(H,52,53)/t26-,30-,32+,33+/m1/s1. The molecule has 0 aliphatic heterocycles. The molecule has 314 valence electrons. The molecule has 0 unspecified atom stereocenters. The van der Waals surface area contributed by atoms with Gasteiger partial charge in [0, 0.05) is 48.4 Å². The van der Waals surface area contributed by atoms with Gasteiger partial charge in [0.1, 0.15) is 17.2 Å². The Morgan fingerprint density at radius 1 is 0.667 bits per heavy atom. The molecule has 0 fully saturated rings. The summed E-state index contributed by atoms with van der Waals surface area (Å²) in [6.07, 6.45) is -1.99. The van der Waals surface area contributed by atoms with Gasteiger partial charge in [0.2, 0.25) is 11.8 Å². The van der Waals surface area contributed by atoms with Crippen LogP contribution in [0.2, 0.25) is 5.02 Å². The van der Waals surface area contributed by atoms with E-state index >= 15 is 0 Å². The SMILES string of the molecule is CC(C)C[C@H](NC(=O)[C@H](C)CC(=O)[C@H](CCNC(=O)OC(C)(C)C)NC(=O)[C@H](CCNC(=O)OC(C)(C)C)CC(=O)c1ccc(-c2ccc(Cl)cc2)cc1)C(=O)O. The summed E-state index contributed by atoms with van der Waals surface area (Å²) in [6, 6.07) is 11.7. The van der Waals surface area contributed by atoms with Crippen LogP contribution in [0.4, 0.5) is 9.59 Å². The first-order valence-electron chi connectivity index (χ1n) is 19.1. The second kappa shape index (κ2) is 22.1. The van der Waals surface area contributed by atoms with Crippen molar-refractivity contribution in [1.29, 1.82) is 0 Å². The summed E-state index contributed by atoms with van der Waals surface area (Å²) in [7, 11) is 0. The second-order valence-corrected chi connectivity index (χ2v) is 16.9. The van der Waals surface area contributed by atoms with E-state index in [0.717, 1.165) is 11.1 Å². The van der Waals surface area contributed by atoms with Gasteiger partial charge >= 0.3 is 18.2 Å². The minimum atomic E-state index is -1.22. The van der Waals surface area contributed by atoms with Crippen LogP contribution in [-0.2, 0) is 28.7 Å². The molecule has 57 heavy (non-hydrogen) atoms. The van der Waals surface area contributed by atoms with Crippen molar-refractivity contribution in [3.05, 3.63) is 59.1 Å². The lowest BCUT2D eigenvalue weighted by Crippen LogP contribution is -2.48. The zero-order chi connectivity index (χ0) is 43.1. The largest absolute Gasteiger partial charge is 0.480 e. The third kappa shape index (κ3) is 18.7. The summed E-state index contributed by atoms with van der Waals surface area (Å²) in [5.41, 5.74) is 0.527. The molecular formula is C42H59ClN4O10. The Balaban J connectivity index is 2.32. The average Bonchev–Trinajstić information content (AvgIpc) is 3.08. The molecule has 0 saturated heterocycles. The molecule has 2 rings (SSSR count). The molecule has 15 heteroatoms. The van der Waals surface area contributed by atoms with Crippen LogP contribution >= 0.6 is 11.6 Å². The molecule has 0 spiro atoms. The average molecular weight is 815 g/mol. The molecule has 0 saturated carbocycles. The number of ether oxygens (including phenoxy) is 2. The third-order valence-corrected chi connectivity index (χ3v) is 8.68. The maximum absolute atomic E-state index is 14.0. The lowest BCUT2D eigenvalue weighted by Gasteiger charge is -2.25. The van der Waals surface area contributed by atoms with Crippen LogP contribution in [-0.4, -0.2) is 83.0 Å². The van der Waals surface area contributed by atoms with Crippen molar-refractivity contribution in [2.45, 2.75) is 118 Å². The van der Waals surface area contributed by atoms with Gasteiger partial charge in [0.25, 0.3) is 0 Å². The first kappa shape index (κ1) is 48.2. The Bertz CT molecular complexity index is 1700. The van der Waals surface area contributed by atoms with E-state index in [0.29, 0.717) is 10.6 Å². The normalized spacial score (nSPS) is 13.7. The van der Waals surface area contributed by atoms with Crippen LogP contribution in [0.15, 0.2) is 48.5 Å². The van der Waals surface area contributed by atoms with E-state index in [1.165, 1.54) is 6.92 Å². The second-order valence-electron chi connectivity index (χ2n) is 16.5. The number of ketones is 2. The molecular weight excluding hydrogens is 756 g/mol. The first-order chi connectivity index (χ1) is 26.4. The van der Waals surface area contributed by atoms with Gasteiger partial charge in [-0.3, -0.25) is 19.2 Å². The van der Waals surface area contributed by atoms with Gasteiger partial charge in [0.15, 0.2) is 11.6 Å². The van der Waals surface area contributed by atoms with Crippen LogP contribution in [0.5, 0.6) is 0 Å². The molecule has 4 amide bonds. The lowest BCUT2D eigenvalue weighted by atomic mass is 9.92. The molecule has 0 heterocycles. The van der Waals surface area contributed by atoms with Gasteiger partial charge in [-0.1, -0.05) is 68.8 Å². The van der Waals surface area contributed by atoms with Gasteiger partial charge in [-0.25, -0.2) is 14.4 Å². The highest BCUT2D eigenvalue weighted by atomic mass is 35.5. The summed E-state index contributed by atoms with van der Waals surface area (Å²) in [5, 5.41) is 20.6. The quantitative estimate of drug-likeness (QED) is 0.0892. The fourth-order valence-electron chi connectivity index (χ4n) is 5.60. The summed E-state index contributed by atoms with van der Waals surface area (Å²) in [4.78, 5) is 90.9. The van der Waals surface area contributed by atoms with E-state index in [-0.39, 0.29) is 56.9 Å². The summed E-state index contributed by atoms with van der Waals surface area (Å²) in [5.74, 6) is -5.43. The molecule has 2 aromatic rings. The fourth-order valence-corrected chi connectivity index (χ4v) is 5.73. The fraction of sp³-hybridized carbons (Fsp3) is 0.548. The molecule has 0 bridgehead atoms. The number of aliphatic carboxylic acids is 1. The van der Waals surface area contributed by atoms with Gasteiger partial charge < -0.3 is 35.8 Å². The molecule has 0 aliphatic carbocycles. The number of carbonyl (C=O) groups excluding carboxylic acids is 6. The van der Waals surface area contributed by atoms with Crippen LogP contribution in [0, 0.1) is 17.8 Å². The molecule has 0 aliphatic rings. The number of alkyl carbamates (subject to hydrolysis) is 2. The Kier molecular flexibility index (Phi) is 18.7. The van der Waals surface area contributed by atoms with Gasteiger partial charge in [-0.15, -0.1) is 0 Å². The Labute approximate surface area is 340 Å². The number of benzene rings is 2. The Morgan fingerprint density at radius 3 is 1.61 bits per heavy atom. The van der Waals surface area contributed by atoms with E-state index in [9.17, 15) is 38.7 Å². The number of carboxylic acid groups (broad SMARTS) is 1. The van der Waals surface area contributed by atoms with Crippen LogP contribution in [0.25, 0.3) is 11.1 Å². The lowest BCUT2D eigenvalue weighted by molar-refractivity contribution is -0.143. The van der Waals surface area contributed by atoms with Crippen molar-refractivity contribution in [3.8, 4) is 11.1 Å². The van der Waals surface area contributed by atoms with Gasteiger partial charge in [-0.2, -0.15) is 0 Å². The maximum Gasteiger partial charge on any atom is 0.407 e. The van der Waals surface area contributed by atoms with Crippen LogP contribution < -0.4 is 21.3 Å². The number of nitrogens with one attached hydrogen (secondary N) is 4. The third-order valence-electron chi connectivity index (χ3n) is 8.43. The number of rotatable bonds is 20. The number of carboxylic acids is 1. The zero-order valence-corrected chi connectivity index (χ0v) is 35.2. The van der Waals surface area contributed by atoms with E-state index in [1.54, 1.807) is 77.9 Å². The number of carbonyl (C=O) groups is 7. The van der Waals surface area contributed by atoms with Crippen molar-refractivity contribution in [1.82, 2.24) is 21.3 Å². The molecule has 14 nitrogen and oxygen atoms in total. The van der Waals surface area contributed by atoms with Crippen molar-refractivity contribution in [2.75, 3.05) is 13.1 Å². The highest BCUT2D eigenvalue weighted by Crippen LogP contribution is 2.23. The summed E-state index contributed by atoms with van der Waals surface area (Å²) < 4.78 is 10.6. The summed E-state index contributed by atoms with van der Waals surface area (Å²) in [6.45, 7) is 15.2. The van der Waals surface area contributed by atoms with Crippen LogP contribution in [0.3, 0.4) is 0 Å². The number of amides is 4. The van der Waals surface area contributed by atoms with Gasteiger partial charge in [0.05, 0.1) is 6.04 Å². The van der Waals surface area contributed by atoms with Crippen molar-refractivity contribution in [3.63, 3.8) is 0 Å². The molecule has 0 radical (unpaired) electrons. The highest BCUT2D eigenvalue weighted by Gasteiger charge is 2.31. The maximum atomic E-state index is 14.0. The molecule has 0 aromatic heterocycles. The smallest absolute Gasteiger partial charge is 0.407 e. The number of hydrogen-bond acceptors (Lipinski definition) is 9.